The Balaban J connectivity index is 1.47. The number of rotatable bonds is 4. The van der Waals surface area contributed by atoms with E-state index in [-0.39, 0.29) is 36.1 Å². The Morgan fingerprint density at radius 3 is 2.38 bits per heavy atom. The van der Waals surface area contributed by atoms with Crippen LogP contribution in [0.3, 0.4) is 0 Å². The number of aromatic hydroxyl groups is 1. The first kappa shape index (κ1) is 31.9. The topological polar surface area (TPSA) is 262 Å². The number of carbonyl (C=O) groups excluding carboxylic acids is 3. The highest BCUT2D eigenvalue weighted by Crippen LogP contribution is 2.57. The molecule has 16 nitrogen and oxygen atoms in total. The van der Waals surface area contributed by atoms with Crippen molar-refractivity contribution in [2.45, 2.75) is 30.6 Å². The molecular weight excluding hydrogens is 588 g/mol. The maximum Gasteiger partial charge on any atom is 0.259 e. The second kappa shape index (κ2) is 11.1. The smallest absolute Gasteiger partial charge is 0.259 e. The quantitative estimate of drug-likeness (QED) is 0.100. The molecular formula is C29H38N8O8. The van der Waals surface area contributed by atoms with Crippen LogP contribution in [0.5, 0.6) is 5.75 Å². The van der Waals surface area contributed by atoms with Crippen molar-refractivity contribution in [2.75, 3.05) is 46.9 Å². The van der Waals surface area contributed by atoms with Crippen LogP contribution in [0.15, 0.2) is 40.1 Å². The number of carbonyl (C=O) groups is 3. The third kappa shape index (κ3) is 4.89. The summed E-state index contributed by atoms with van der Waals surface area (Å²) in [6, 6.07) is 2.99. The molecule has 1 heterocycles. The number of ketones is 2. The predicted molar refractivity (Wildman–Crippen MR) is 161 cm³/mol. The van der Waals surface area contributed by atoms with Gasteiger partial charge in [-0.3, -0.25) is 29.6 Å². The van der Waals surface area contributed by atoms with Crippen molar-refractivity contribution in [1.29, 1.82) is 5.41 Å². The number of aliphatic hydroxyl groups excluding tert-OH is 2. The Morgan fingerprint density at radius 1 is 1.13 bits per heavy atom. The van der Waals surface area contributed by atoms with Gasteiger partial charge in [-0.2, -0.15) is 4.99 Å². The molecule has 5 atom stereocenters. The summed E-state index contributed by atoms with van der Waals surface area (Å²) in [5, 5.41) is 67.4. The summed E-state index contributed by atoms with van der Waals surface area (Å²) < 4.78 is 0. The second-order valence-corrected chi connectivity index (χ2v) is 12.2. The molecule has 5 rings (SSSR count). The minimum atomic E-state index is -2.80. The number of likely N-dealkylation sites (N-methyl/N-ethyl adjacent to an activating group) is 1. The van der Waals surface area contributed by atoms with Crippen LogP contribution in [-0.2, 0) is 20.0 Å². The van der Waals surface area contributed by atoms with Crippen LogP contribution in [0.25, 0.3) is 5.76 Å². The number of nitrogens with zero attached hydrogens (tertiary/aromatic N) is 4. The van der Waals surface area contributed by atoms with E-state index in [9.17, 15) is 39.9 Å². The lowest BCUT2D eigenvalue weighted by Crippen LogP contribution is -2.67. The molecule has 1 unspecified atom stereocenters. The summed E-state index contributed by atoms with van der Waals surface area (Å²) in [6.45, 7) is 2.90. The predicted octanol–water partition coefficient (Wildman–Crippen LogP) is -1.96. The SMILES string of the molecule is CN(C)[C@@H]1C(=O)C(C(=O)NCN2CCN(C(=N)N=C(N)N)CC2)=C(O)[C@@]2(O)C(=O)C3=C(O)c4c(O)cccc4[C@@](C)(O)C3C[C@@H]12. The lowest BCUT2D eigenvalue weighted by molar-refractivity contribution is -0.159. The molecule has 4 aliphatic rings. The lowest BCUT2D eigenvalue weighted by atomic mass is 9.54. The fourth-order valence-electron chi connectivity index (χ4n) is 7.07. The van der Waals surface area contributed by atoms with Gasteiger partial charge >= 0.3 is 0 Å². The Kier molecular flexibility index (Phi) is 7.89. The van der Waals surface area contributed by atoms with E-state index in [4.69, 9.17) is 16.9 Å². The number of nitrogens with one attached hydrogen (secondary N) is 2. The van der Waals surface area contributed by atoms with E-state index in [2.05, 4.69) is 10.3 Å². The van der Waals surface area contributed by atoms with E-state index in [0.717, 1.165) is 0 Å². The standard InChI is InChI=1S/C29H38N8O8/c1-28(44)13-5-4-6-16(38)17(13)21(39)18-14(28)11-15-20(35(2)3)22(40)19(24(42)29(15,45)23(18)41)25(43)33-12-36-7-9-37(10-8-36)27(32)34-26(30)31/h4-6,14-15,20,38-39,42,44-45H,7-12H2,1-3H3,(H,33,43)(H5,30,31,32,34)/t14?,15-,20-,28+,29-/m0/s1. The number of piperazine rings is 1. The maximum absolute atomic E-state index is 14.2. The Labute approximate surface area is 258 Å². The van der Waals surface area contributed by atoms with Gasteiger partial charge in [0.05, 0.1) is 23.9 Å². The van der Waals surface area contributed by atoms with Crippen molar-refractivity contribution in [2.24, 2.45) is 28.3 Å². The molecule has 3 aliphatic carbocycles. The third-order valence-electron chi connectivity index (χ3n) is 9.37. The first-order valence-electron chi connectivity index (χ1n) is 14.4. The zero-order chi connectivity index (χ0) is 33.2. The molecule has 0 radical (unpaired) electrons. The molecule has 0 bridgehead atoms. The summed E-state index contributed by atoms with van der Waals surface area (Å²) in [6.07, 6.45) is -0.226. The molecule has 1 amide bonds. The highest BCUT2D eigenvalue weighted by Gasteiger charge is 2.66. The van der Waals surface area contributed by atoms with Gasteiger partial charge in [0.15, 0.2) is 17.3 Å². The number of hydrogen-bond donors (Lipinski definition) is 9. The van der Waals surface area contributed by atoms with Gasteiger partial charge in [-0.1, -0.05) is 12.1 Å². The number of nitrogens with two attached hydrogens (primary N) is 2. The Hall–Kier alpha value is -4.51. The van der Waals surface area contributed by atoms with E-state index < -0.39 is 75.0 Å². The van der Waals surface area contributed by atoms with Gasteiger partial charge in [0.2, 0.25) is 11.7 Å². The van der Waals surface area contributed by atoms with Crippen molar-refractivity contribution in [3.8, 4) is 5.75 Å². The second-order valence-electron chi connectivity index (χ2n) is 12.2. The third-order valence-corrected chi connectivity index (χ3v) is 9.37. The molecule has 1 saturated carbocycles. The summed E-state index contributed by atoms with van der Waals surface area (Å²) >= 11 is 0. The van der Waals surface area contributed by atoms with Crippen molar-refractivity contribution < 1.29 is 39.9 Å². The molecule has 11 N–H and O–H groups in total. The zero-order valence-electron chi connectivity index (χ0n) is 25.1. The van der Waals surface area contributed by atoms with Crippen LogP contribution < -0.4 is 16.8 Å². The fourth-order valence-corrected chi connectivity index (χ4v) is 7.07. The van der Waals surface area contributed by atoms with E-state index in [1.165, 1.54) is 44.1 Å². The van der Waals surface area contributed by atoms with Crippen molar-refractivity contribution >= 4 is 35.2 Å². The number of aliphatic hydroxyl groups is 4. The fraction of sp³-hybridized carbons (Fsp3) is 0.483. The number of phenols is 1. The number of fused-ring (bicyclic) bond motifs is 3. The zero-order valence-corrected chi connectivity index (χ0v) is 25.1. The molecule has 1 aliphatic heterocycles. The first-order chi connectivity index (χ1) is 21.0. The van der Waals surface area contributed by atoms with Gasteiger partial charge in [-0.15, -0.1) is 0 Å². The molecule has 1 saturated heterocycles. The van der Waals surface area contributed by atoms with Gasteiger partial charge in [0.1, 0.15) is 22.8 Å². The van der Waals surface area contributed by atoms with Crippen molar-refractivity contribution in [3.05, 3.63) is 46.2 Å². The van der Waals surface area contributed by atoms with Gasteiger partial charge < -0.3 is 47.2 Å². The van der Waals surface area contributed by atoms with Crippen molar-refractivity contribution in [3.63, 3.8) is 0 Å². The average molecular weight is 627 g/mol. The molecule has 1 aromatic rings. The molecule has 0 spiro atoms. The van der Waals surface area contributed by atoms with Crippen LogP contribution >= 0.6 is 0 Å². The van der Waals surface area contributed by atoms with E-state index in [1.807, 2.05) is 4.90 Å². The number of phenolic OH excluding ortho intramolecular Hbond substituents is 1. The van der Waals surface area contributed by atoms with Crippen molar-refractivity contribution in [1.82, 2.24) is 20.0 Å². The summed E-state index contributed by atoms with van der Waals surface area (Å²) in [5.41, 5.74) is 4.82. The number of aliphatic imine (C=N–C) groups is 1. The highest BCUT2D eigenvalue weighted by molar-refractivity contribution is 6.25. The maximum atomic E-state index is 14.2. The number of amides is 1. The summed E-state index contributed by atoms with van der Waals surface area (Å²) in [5.74, 6) is -7.99. The number of Topliss-reactive ketones (excluding diaryl/α,β-unsaturated/α-hetero) is 2. The molecule has 242 valence electrons. The number of benzene rings is 1. The van der Waals surface area contributed by atoms with Crippen LogP contribution in [0, 0.1) is 17.2 Å². The molecule has 2 fully saturated rings. The Bertz CT molecular complexity index is 1570. The number of hydrogen-bond acceptors (Lipinski definition) is 11. The van der Waals surface area contributed by atoms with E-state index >= 15 is 0 Å². The first-order valence-corrected chi connectivity index (χ1v) is 14.4. The lowest BCUT2D eigenvalue weighted by Gasteiger charge is -2.53. The summed E-state index contributed by atoms with van der Waals surface area (Å²) in [7, 11) is 3.06. The van der Waals surface area contributed by atoms with Crippen LogP contribution in [0.4, 0.5) is 0 Å². The van der Waals surface area contributed by atoms with E-state index in [1.54, 1.807) is 4.90 Å². The van der Waals surface area contributed by atoms with Crippen LogP contribution in [0.2, 0.25) is 0 Å². The Morgan fingerprint density at radius 2 is 1.78 bits per heavy atom. The van der Waals surface area contributed by atoms with Gasteiger partial charge in [0.25, 0.3) is 5.91 Å². The van der Waals surface area contributed by atoms with Gasteiger partial charge in [0, 0.05) is 43.6 Å². The van der Waals surface area contributed by atoms with E-state index in [0.29, 0.717) is 26.2 Å². The molecule has 1 aromatic carbocycles. The molecule has 16 heteroatoms. The highest BCUT2D eigenvalue weighted by atomic mass is 16.3. The molecule has 0 aromatic heterocycles. The minimum absolute atomic E-state index is 0.0538. The van der Waals surface area contributed by atoms with Gasteiger partial charge in [-0.25, -0.2) is 0 Å². The largest absolute Gasteiger partial charge is 0.508 e. The molecule has 45 heavy (non-hydrogen) atoms. The normalized spacial score (nSPS) is 30.1. The minimum Gasteiger partial charge on any atom is -0.508 e. The monoisotopic (exact) mass is 626 g/mol. The average Bonchev–Trinajstić information content (AvgIpc) is 2.96. The number of guanidine groups is 2. The van der Waals surface area contributed by atoms with Crippen LogP contribution in [0.1, 0.15) is 24.5 Å². The van der Waals surface area contributed by atoms with Crippen LogP contribution in [-0.4, -0.2) is 128 Å². The summed E-state index contributed by atoms with van der Waals surface area (Å²) in [4.78, 5) is 50.1. The van der Waals surface area contributed by atoms with Gasteiger partial charge in [-0.05, 0) is 39.1 Å².